The van der Waals surface area contributed by atoms with Crippen LogP contribution in [0.25, 0.3) is 0 Å². The van der Waals surface area contributed by atoms with Crippen molar-refractivity contribution in [2.24, 2.45) is 0 Å². The maximum Gasteiger partial charge on any atom is 0.321 e. The molecule has 0 spiro atoms. The Morgan fingerprint density at radius 1 is 1.11 bits per heavy atom. The Hall–Kier alpha value is -2.20. The smallest absolute Gasteiger partial charge is 0.321 e. The number of benzene rings is 2. The van der Waals surface area contributed by atoms with Gasteiger partial charge in [-0.3, -0.25) is 0 Å². The van der Waals surface area contributed by atoms with Gasteiger partial charge in [0.2, 0.25) is 0 Å². The monoisotopic (exact) mass is 276 g/mol. The molecule has 5 heteroatoms. The van der Waals surface area contributed by atoms with E-state index >= 15 is 0 Å². The topological polar surface area (TPSA) is 50.4 Å². The molecule has 0 unspecified atom stereocenters. The standard InChI is InChI=1S/C14H13ClN2O2/c15-11-5-4-6-12(9-11)17-14(18)16-10-19-13-7-2-1-3-8-13/h1-9H,10H2,(H2,16,17,18). The number of nitrogens with one attached hydrogen (secondary N) is 2. The first-order valence-electron chi connectivity index (χ1n) is 5.72. The van der Waals surface area contributed by atoms with Gasteiger partial charge in [0.05, 0.1) is 0 Å². The first-order valence-corrected chi connectivity index (χ1v) is 6.10. The molecule has 0 aliphatic rings. The van der Waals surface area contributed by atoms with E-state index in [2.05, 4.69) is 10.6 Å². The fourth-order valence-corrected chi connectivity index (χ4v) is 1.63. The van der Waals surface area contributed by atoms with Gasteiger partial charge < -0.3 is 15.4 Å². The molecule has 0 bridgehead atoms. The van der Waals surface area contributed by atoms with Crippen molar-refractivity contribution in [3.05, 3.63) is 59.6 Å². The van der Waals surface area contributed by atoms with E-state index in [1.54, 1.807) is 24.3 Å². The van der Waals surface area contributed by atoms with Crippen LogP contribution in [0.2, 0.25) is 5.02 Å². The van der Waals surface area contributed by atoms with Crippen LogP contribution < -0.4 is 15.4 Å². The Balaban J connectivity index is 1.76. The minimum Gasteiger partial charge on any atom is -0.473 e. The van der Waals surface area contributed by atoms with Crippen molar-refractivity contribution in [3.8, 4) is 5.75 Å². The van der Waals surface area contributed by atoms with Crippen molar-refractivity contribution in [2.75, 3.05) is 12.0 Å². The molecule has 2 aromatic rings. The molecular formula is C14H13ClN2O2. The third-order valence-electron chi connectivity index (χ3n) is 2.30. The molecule has 98 valence electrons. The summed E-state index contributed by atoms with van der Waals surface area (Å²) >= 11 is 5.82. The average molecular weight is 277 g/mol. The van der Waals surface area contributed by atoms with Crippen molar-refractivity contribution >= 4 is 23.3 Å². The van der Waals surface area contributed by atoms with Gasteiger partial charge in [-0.1, -0.05) is 35.9 Å². The van der Waals surface area contributed by atoms with Gasteiger partial charge in [-0.15, -0.1) is 0 Å². The van der Waals surface area contributed by atoms with Gasteiger partial charge in [0.25, 0.3) is 0 Å². The number of amides is 2. The molecule has 0 aliphatic carbocycles. The van der Waals surface area contributed by atoms with Gasteiger partial charge in [-0.25, -0.2) is 4.79 Å². The molecule has 2 rings (SSSR count). The van der Waals surface area contributed by atoms with Gasteiger partial charge in [0.1, 0.15) is 5.75 Å². The molecule has 0 saturated carbocycles. The molecule has 2 aromatic carbocycles. The molecule has 0 aliphatic heterocycles. The summed E-state index contributed by atoms with van der Waals surface area (Å²) in [6.45, 7) is 0.0937. The highest BCUT2D eigenvalue weighted by Gasteiger charge is 2.01. The van der Waals surface area contributed by atoms with Gasteiger partial charge in [0.15, 0.2) is 6.73 Å². The lowest BCUT2D eigenvalue weighted by molar-refractivity contribution is 0.234. The van der Waals surface area contributed by atoms with Gasteiger partial charge in [-0.05, 0) is 30.3 Å². The molecule has 19 heavy (non-hydrogen) atoms. The van der Waals surface area contributed by atoms with E-state index < -0.39 is 0 Å². The summed E-state index contributed by atoms with van der Waals surface area (Å²) < 4.78 is 5.34. The van der Waals surface area contributed by atoms with Crippen molar-refractivity contribution in [1.82, 2.24) is 5.32 Å². The molecule has 2 N–H and O–H groups in total. The maximum absolute atomic E-state index is 11.6. The van der Waals surface area contributed by atoms with Crippen LogP contribution in [0.3, 0.4) is 0 Å². The van der Waals surface area contributed by atoms with Crippen LogP contribution in [0.5, 0.6) is 5.75 Å². The van der Waals surface area contributed by atoms with E-state index in [4.69, 9.17) is 16.3 Å². The van der Waals surface area contributed by atoms with Crippen molar-refractivity contribution < 1.29 is 9.53 Å². The van der Waals surface area contributed by atoms with Crippen molar-refractivity contribution in [3.63, 3.8) is 0 Å². The summed E-state index contributed by atoms with van der Waals surface area (Å²) in [5.74, 6) is 0.700. The lowest BCUT2D eigenvalue weighted by atomic mass is 10.3. The van der Waals surface area contributed by atoms with Gasteiger partial charge in [-0.2, -0.15) is 0 Å². The Kier molecular flexibility index (Phi) is 4.64. The van der Waals surface area contributed by atoms with E-state index in [0.29, 0.717) is 16.5 Å². The zero-order valence-electron chi connectivity index (χ0n) is 10.1. The van der Waals surface area contributed by atoms with Crippen molar-refractivity contribution in [2.45, 2.75) is 0 Å². The Bertz CT molecular complexity index is 546. The molecule has 0 aromatic heterocycles. The predicted octanol–water partition coefficient (Wildman–Crippen LogP) is 3.50. The molecule has 0 atom stereocenters. The lowest BCUT2D eigenvalue weighted by Gasteiger charge is -2.09. The zero-order valence-corrected chi connectivity index (χ0v) is 10.9. The summed E-state index contributed by atoms with van der Waals surface area (Å²) in [7, 11) is 0. The maximum atomic E-state index is 11.6. The molecule has 4 nitrogen and oxygen atoms in total. The third-order valence-corrected chi connectivity index (χ3v) is 2.53. The summed E-state index contributed by atoms with van der Waals surface area (Å²) in [4.78, 5) is 11.6. The minimum absolute atomic E-state index is 0.0937. The summed E-state index contributed by atoms with van der Waals surface area (Å²) in [5.41, 5.74) is 0.629. The van der Waals surface area contributed by atoms with E-state index in [1.165, 1.54) is 0 Å². The SMILES string of the molecule is O=C(NCOc1ccccc1)Nc1cccc(Cl)c1. The van der Waals surface area contributed by atoms with Crippen LogP contribution in [0.15, 0.2) is 54.6 Å². The highest BCUT2D eigenvalue weighted by atomic mass is 35.5. The van der Waals surface area contributed by atoms with E-state index in [9.17, 15) is 4.79 Å². The van der Waals surface area contributed by atoms with Gasteiger partial charge >= 0.3 is 6.03 Å². The van der Waals surface area contributed by atoms with Crippen LogP contribution >= 0.6 is 11.6 Å². The third kappa shape index (κ3) is 4.52. The molecule has 2 amide bonds. The van der Waals surface area contributed by atoms with Gasteiger partial charge in [0, 0.05) is 10.7 Å². The van der Waals surface area contributed by atoms with Crippen LogP contribution in [0.1, 0.15) is 0 Å². The summed E-state index contributed by atoms with van der Waals surface area (Å²) in [5, 5.41) is 5.81. The number of hydrogen-bond acceptors (Lipinski definition) is 2. The predicted molar refractivity (Wildman–Crippen MR) is 75.5 cm³/mol. The number of rotatable bonds is 4. The lowest BCUT2D eigenvalue weighted by Crippen LogP contribution is -2.31. The van der Waals surface area contributed by atoms with E-state index in [0.717, 1.165) is 0 Å². The molecule has 0 saturated heterocycles. The largest absolute Gasteiger partial charge is 0.473 e. The first kappa shape index (κ1) is 13.2. The number of urea groups is 1. The highest BCUT2D eigenvalue weighted by molar-refractivity contribution is 6.30. The fourth-order valence-electron chi connectivity index (χ4n) is 1.44. The Morgan fingerprint density at radius 2 is 1.89 bits per heavy atom. The Labute approximate surface area is 116 Å². The van der Waals surface area contributed by atoms with Crippen LogP contribution in [0, 0.1) is 0 Å². The number of carbonyl (C=O) groups is 1. The van der Waals surface area contributed by atoms with E-state index in [-0.39, 0.29) is 12.8 Å². The second kappa shape index (κ2) is 6.66. The number of hydrogen-bond donors (Lipinski definition) is 2. The number of ether oxygens (including phenoxy) is 1. The number of carbonyl (C=O) groups excluding carboxylic acids is 1. The average Bonchev–Trinajstić information content (AvgIpc) is 2.40. The van der Waals surface area contributed by atoms with Crippen LogP contribution in [-0.2, 0) is 0 Å². The number of para-hydroxylation sites is 1. The van der Waals surface area contributed by atoms with Crippen LogP contribution in [-0.4, -0.2) is 12.8 Å². The second-order valence-corrected chi connectivity index (χ2v) is 4.18. The molecule has 0 heterocycles. The Morgan fingerprint density at radius 3 is 2.63 bits per heavy atom. The highest BCUT2D eigenvalue weighted by Crippen LogP contribution is 2.14. The van der Waals surface area contributed by atoms with Crippen LogP contribution in [0.4, 0.5) is 10.5 Å². The molecule has 0 fully saturated rings. The molecule has 0 radical (unpaired) electrons. The summed E-state index contributed by atoms with van der Waals surface area (Å²) in [6.07, 6.45) is 0. The fraction of sp³-hybridized carbons (Fsp3) is 0.0714. The number of halogens is 1. The van der Waals surface area contributed by atoms with E-state index in [1.807, 2.05) is 30.3 Å². The second-order valence-electron chi connectivity index (χ2n) is 3.74. The minimum atomic E-state index is -0.349. The normalized spacial score (nSPS) is 9.74. The first-order chi connectivity index (χ1) is 9.24. The molecular weight excluding hydrogens is 264 g/mol. The summed E-state index contributed by atoms with van der Waals surface area (Å²) in [6, 6.07) is 15.8. The van der Waals surface area contributed by atoms with Crippen molar-refractivity contribution in [1.29, 1.82) is 0 Å². The zero-order chi connectivity index (χ0) is 13.5. The number of anilines is 1. The quantitative estimate of drug-likeness (QED) is 0.840.